The number of sulfone groups is 1. The van der Waals surface area contributed by atoms with Gasteiger partial charge in [-0.05, 0) is 6.07 Å². The topological polar surface area (TPSA) is 63.2 Å². The number of halogens is 2. The Balaban J connectivity index is 2.74. The Morgan fingerprint density at radius 1 is 1.40 bits per heavy atom. The molecule has 15 heavy (non-hydrogen) atoms. The fourth-order valence-electron chi connectivity index (χ4n) is 1.32. The first-order chi connectivity index (χ1) is 6.90. The number of hydrogen-bond donors (Lipinski definition) is 1. The van der Waals surface area contributed by atoms with Crippen LogP contribution in [0.3, 0.4) is 0 Å². The minimum atomic E-state index is -3.69. The van der Waals surface area contributed by atoms with Crippen LogP contribution < -0.4 is 5.32 Å². The first-order valence-corrected chi connectivity index (χ1v) is 5.95. The van der Waals surface area contributed by atoms with E-state index in [1.165, 1.54) is 0 Å². The van der Waals surface area contributed by atoms with Crippen molar-refractivity contribution < 1.29 is 17.6 Å². The fourth-order valence-corrected chi connectivity index (χ4v) is 2.86. The molecule has 0 radical (unpaired) electrons. The van der Waals surface area contributed by atoms with E-state index in [0.717, 1.165) is 12.1 Å². The van der Waals surface area contributed by atoms with Gasteiger partial charge < -0.3 is 5.32 Å². The van der Waals surface area contributed by atoms with E-state index in [9.17, 15) is 17.6 Å². The summed E-state index contributed by atoms with van der Waals surface area (Å²) in [6.45, 7) is 0. The first-order valence-electron chi connectivity index (χ1n) is 3.92. The molecule has 0 spiro atoms. The highest BCUT2D eigenvalue weighted by atomic mass is 35.5. The molecule has 0 aromatic heterocycles. The maximum Gasteiger partial charge on any atom is 0.239 e. The third kappa shape index (κ3) is 1.70. The van der Waals surface area contributed by atoms with Crippen molar-refractivity contribution in [2.45, 2.75) is 4.90 Å². The van der Waals surface area contributed by atoms with Crippen LogP contribution in [0.4, 0.5) is 10.1 Å². The van der Waals surface area contributed by atoms with Crippen LogP contribution in [0.5, 0.6) is 0 Å². The Kier molecular flexibility index (Phi) is 2.20. The SMILES string of the molecule is O=C1CS(=O)(=O)c2cc(Cl)c(F)cc2N1. The van der Waals surface area contributed by atoms with Gasteiger partial charge in [0.1, 0.15) is 11.6 Å². The minimum Gasteiger partial charge on any atom is -0.324 e. The number of benzene rings is 1. The number of nitrogens with one attached hydrogen (secondary N) is 1. The lowest BCUT2D eigenvalue weighted by molar-refractivity contribution is -0.114. The van der Waals surface area contributed by atoms with Crippen LogP contribution >= 0.6 is 11.6 Å². The number of hydrogen-bond acceptors (Lipinski definition) is 3. The monoisotopic (exact) mass is 249 g/mol. The summed E-state index contributed by atoms with van der Waals surface area (Å²) >= 11 is 5.46. The molecule has 1 N–H and O–H groups in total. The summed E-state index contributed by atoms with van der Waals surface area (Å²) in [5.41, 5.74) is -0.0619. The molecule has 1 amide bonds. The highest BCUT2D eigenvalue weighted by Crippen LogP contribution is 2.31. The van der Waals surface area contributed by atoms with Gasteiger partial charge in [0, 0.05) is 6.07 Å². The van der Waals surface area contributed by atoms with Gasteiger partial charge in [-0.25, -0.2) is 12.8 Å². The zero-order valence-electron chi connectivity index (χ0n) is 7.25. The molecule has 0 aliphatic carbocycles. The van der Waals surface area contributed by atoms with E-state index in [-0.39, 0.29) is 15.6 Å². The lowest BCUT2D eigenvalue weighted by Crippen LogP contribution is -2.29. The van der Waals surface area contributed by atoms with Crippen molar-refractivity contribution >= 4 is 33.0 Å². The third-order valence-corrected chi connectivity index (χ3v) is 3.89. The van der Waals surface area contributed by atoms with Crippen molar-refractivity contribution in [3.05, 3.63) is 23.0 Å². The van der Waals surface area contributed by atoms with E-state index in [1.807, 2.05) is 0 Å². The van der Waals surface area contributed by atoms with Crippen molar-refractivity contribution in [3.63, 3.8) is 0 Å². The van der Waals surface area contributed by atoms with Crippen molar-refractivity contribution in [1.82, 2.24) is 0 Å². The summed E-state index contributed by atoms with van der Waals surface area (Å²) in [6.07, 6.45) is 0. The van der Waals surface area contributed by atoms with Crippen LogP contribution in [0.25, 0.3) is 0 Å². The Morgan fingerprint density at radius 2 is 2.07 bits per heavy atom. The summed E-state index contributed by atoms with van der Waals surface area (Å²) in [4.78, 5) is 10.8. The predicted molar refractivity (Wildman–Crippen MR) is 52.1 cm³/mol. The number of carbonyl (C=O) groups excluding carboxylic acids is 1. The Bertz CT molecular complexity index is 555. The molecule has 2 rings (SSSR count). The molecule has 0 atom stereocenters. The Hall–Kier alpha value is -1.14. The summed E-state index contributed by atoms with van der Waals surface area (Å²) in [7, 11) is -3.69. The zero-order chi connectivity index (χ0) is 11.2. The normalized spacial score (nSPS) is 18.1. The molecular formula is C8H5ClFNO3S. The molecule has 1 aliphatic rings. The third-order valence-electron chi connectivity index (χ3n) is 1.95. The second-order valence-corrected chi connectivity index (χ2v) is 5.43. The first kappa shape index (κ1) is 10.4. The van der Waals surface area contributed by atoms with Crippen LogP contribution in [0.2, 0.25) is 5.02 Å². The lowest BCUT2D eigenvalue weighted by Gasteiger charge is -2.17. The molecule has 0 saturated carbocycles. The van der Waals surface area contributed by atoms with Gasteiger partial charge in [-0.3, -0.25) is 4.79 Å². The fraction of sp³-hybridized carbons (Fsp3) is 0.125. The Morgan fingerprint density at radius 3 is 2.73 bits per heavy atom. The maximum absolute atomic E-state index is 13.0. The van der Waals surface area contributed by atoms with Crippen molar-refractivity contribution in [2.75, 3.05) is 11.1 Å². The van der Waals surface area contributed by atoms with Crippen LogP contribution in [0.15, 0.2) is 17.0 Å². The highest BCUT2D eigenvalue weighted by Gasteiger charge is 2.29. The summed E-state index contributed by atoms with van der Waals surface area (Å²) < 4.78 is 36.0. The number of amides is 1. The van der Waals surface area contributed by atoms with Crippen molar-refractivity contribution in [2.24, 2.45) is 0 Å². The van der Waals surface area contributed by atoms with E-state index in [1.54, 1.807) is 0 Å². The smallest absolute Gasteiger partial charge is 0.239 e. The molecule has 1 aromatic carbocycles. The summed E-state index contributed by atoms with van der Waals surface area (Å²) in [5.74, 6) is -2.08. The molecule has 1 aromatic rings. The van der Waals surface area contributed by atoms with E-state index in [2.05, 4.69) is 5.32 Å². The van der Waals surface area contributed by atoms with Crippen LogP contribution in [-0.4, -0.2) is 20.1 Å². The Labute approximate surface area is 90.0 Å². The van der Waals surface area contributed by atoms with Crippen molar-refractivity contribution in [3.8, 4) is 0 Å². The molecule has 0 unspecified atom stereocenters. The van der Waals surface area contributed by atoms with Gasteiger partial charge in [0.2, 0.25) is 5.91 Å². The van der Waals surface area contributed by atoms with Gasteiger partial charge in [-0.1, -0.05) is 11.6 Å². The highest BCUT2D eigenvalue weighted by molar-refractivity contribution is 7.92. The average Bonchev–Trinajstić information content (AvgIpc) is 2.07. The van der Waals surface area contributed by atoms with E-state index in [4.69, 9.17) is 11.6 Å². The molecule has 0 bridgehead atoms. The minimum absolute atomic E-state index is 0.0619. The van der Waals surface area contributed by atoms with Crippen LogP contribution in [0.1, 0.15) is 0 Å². The second-order valence-electron chi connectivity index (χ2n) is 3.07. The average molecular weight is 250 g/mol. The van der Waals surface area contributed by atoms with Gasteiger partial charge in [0.15, 0.2) is 9.84 Å². The second kappa shape index (κ2) is 3.18. The molecule has 1 aliphatic heterocycles. The quantitative estimate of drug-likeness (QED) is 0.703. The van der Waals surface area contributed by atoms with Gasteiger partial charge in [0.25, 0.3) is 0 Å². The molecule has 0 saturated heterocycles. The van der Waals surface area contributed by atoms with E-state index >= 15 is 0 Å². The van der Waals surface area contributed by atoms with Crippen molar-refractivity contribution in [1.29, 1.82) is 0 Å². The summed E-state index contributed by atoms with van der Waals surface area (Å²) in [5, 5.41) is 1.98. The van der Waals surface area contributed by atoms with Crippen LogP contribution in [0, 0.1) is 5.82 Å². The largest absolute Gasteiger partial charge is 0.324 e. The van der Waals surface area contributed by atoms with Gasteiger partial charge in [0.05, 0.1) is 15.6 Å². The molecule has 4 nitrogen and oxygen atoms in total. The van der Waals surface area contributed by atoms with E-state index in [0.29, 0.717) is 0 Å². The standard InChI is InChI=1S/C8H5ClFNO3S/c9-4-1-7-6(2-5(4)10)11-8(12)3-15(7,13)14/h1-2H,3H2,(H,11,12). The predicted octanol–water partition coefficient (Wildman–Crippen LogP) is 1.20. The molecular weight excluding hydrogens is 245 g/mol. The van der Waals surface area contributed by atoms with Gasteiger partial charge >= 0.3 is 0 Å². The number of fused-ring (bicyclic) bond motifs is 1. The zero-order valence-corrected chi connectivity index (χ0v) is 8.82. The van der Waals surface area contributed by atoms with Gasteiger partial charge in [-0.2, -0.15) is 0 Å². The van der Waals surface area contributed by atoms with Crippen LogP contribution in [-0.2, 0) is 14.6 Å². The molecule has 0 fully saturated rings. The maximum atomic E-state index is 13.0. The number of anilines is 1. The van der Waals surface area contributed by atoms with E-state index < -0.39 is 27.3 Å². The molecule has 80 valence electrons. The lowest BCUT2D eigenvalue weighted by atomic mass is 10.3. The number of rotatable bonds is 0. The van der Waals surface area contributed by atoms with Gasteiger partial charge in [-0.15, -0.1) is 0 Å². The summed E-state index contributed by atoms with van der Waals surface area (Å²) in [6, 6.07) is 1.90. The molecule has 1 heterocycles. The number of carbonyl (C=O) groups is 1. The molecule has 7 heteroatoms.